The van der Waals surface area contributed by atoms with Gasteiger partial charge in [0.15, 0.2) is 0 Å². The van der Waals surface area contributed by atoms with Crippen molar-refractivity contribution in [1.29, 1.82) is 0 Å². The molecule has 3 aromatic rings. The number of benzene rings is 3. The zero-order valence-corrected chi connectivity index (χ0v) is 23.4. The van der Waals surface area contributed by atoms with E-state index in [4.69, 9.17) is 18.9 Å². The minimum atomic E-state index is -0.550. The van der Waals surface area contributed by atoms with Crippen LogP contribution in [0, 0.1) is 5.92 Å². The first kappa shape index (κ1) is 28.2. The minimum Gasteiger partial charge on any atom is -0.487 e. The lowest BCUT2D eigenvalue weighted by Gasteiger charge is -2.37. The van der Waals surface area contributed by atoms with Crippen LogP contribution in [0.3, 0.4) is 0 Å². The highest BCUT2D eigenvalue weighted by atomic mass is 16.6. The average molecular weight is 573 g/mol. The molecule has 0 spiro atoms. The molecule has 220 valence electrons. The Labute approximate surface area is 245 Å². The van der Waals surface area contributed by atoms with Gasteiger partial charge in [-0.15, -0.1) is 0 Å². The van der Waals surface area contributed by atoms with Gasteiger partial charge in [0.05, 0.1) is 19.1 Å². The number of anilines is 1. The summed E-state index contributed by atoms with van der Waals surface area (Å²) in [5, 5.41) is 16.1. The molecule has 3 aliphatic rings. The highest BCUT2D eigenvalue weighted by Gasteiger charge is 2.46. The van der Waals surface area contributed by atoms with E-state index >= 15 is 0 Å². The van der Waals surface area contributed by atoms with Crippen LogP contribution in [0.25, 0.3) is 0 Å². The van der Waals surface area contributed by atoms with Gasteiger partial charge in [-0.05, 0) is 67.3 Å². The van der Waals surface area contributed by atoms with Crippen molar-refractivity contribution in [1.82, 2.24) is 5.32 Å². The summed E-state index contributed by atoms with van der Waals surface area (Å²) in [4.78, 5) is 25.7. The maximum Gasteiger partial charge on any atom is 0.227 e. The summed E-state index contributed by atoms with van der Waals surface area (Å²) < 4.78 is 23.5. The number of carbonyl (C=O) groups is 2. The maximum absolute atomic E-state index is 12.9. The Bertz CT molecular complexity index is 1370. The largest absolute Gasteiger partial charge is 0.487 e. The number of nitrogens with one attached hydrogen (secondary N) is 2. The molecule has 3 aromatic carbocycles. The van der Waals surface area contributed by atoms with E-state index in [-0.39, 0.29) is 48.9 Å². The number of ether oxygens (including phenoxy) is 4. The third-order valence-corrected chi connectivity index (χ3v) is 8.16. The molecule has 9 nitrogen and oxygen atoms in total. The van der Waals surface area contributed by atoms with Crippen molar-refractivity contribution in [2.24, 2.45) is 5.92 Å². The van der Waals surface area contributed by atoms with Gasteiger partial charge in [0.25, 0.3) is 0 Å². The van der Waals surface area contributed by atoms with E-state index < -0.39 is 6.10 Å². The Morgan fingerprint density at radius 2 is 1.71 bits per heavy atom. The molecule has 2 saturated heterocycles. The quantitative estimate of drug-likeness (QED) is 0.345. The lowest BCUT2D eigenvalue weighted by molar-refractivity contribution is -0.142. The minimum absolute atomic E-state index is 0.00170. The number of hydrogen-bond donors (Lipinski definition) is 3. The van der Waals surface area contributed by atoms with Gasteiger partial charge >= 0.3 is 0 Å². The van der Waals surface area contributed by atoms with Crippen LogP contribution in [0.4, 0.5) is 5.69 Å². The van der Waals surface area contributed by atoms with Crippen LogP contribution in [0.2, 0.25) is 0 Å². The van der Waals surface area contributed by atoms with E-state index in [0.717, 1.165) is 46.9 Å². The van der Waals surface area contributed by atoms with Crippen LogP contribution >= 0.6 is 0 Å². The van der Waals surface area contributed by atoms with E-state index in [9.17, 15) is 14.7 Å². The zero-order valence-electron chi connectivity index (χ0n) is 23.4. The van der Waals surface area contributed by atoms with Gasteiger partial charge in [0.1, 0.15) is 29.5 Å². The number of aliphatic hydroxyl groups is 1. The molecule has 0 unspecified atom stereocenters. The Balaban J connectivity index is 1.04. The van der Waals surface area contributed by atoms with E-state index in [1.807, 2.05) is 72.8 Å². The average Bonchev–Trinajstić information content (AvgIpc) is 3.39. The molecule has 0 aliphatic carbocycles. The van der Waals surface area contributed by atoms with E-state index in [2.05, 4.69) is 10.6 Å². The first-order valence-electron chi connectivity index (χ1n) is 14.6. The normalized spacial score (nSPS) is 23.3. The van der Waals surface area contributed by atoms with Crippen molar-refractivity contribution in [2.75, 3.05) is 25.1 Å². The standard InChI is InChI=1S/C33H36N2O7/c36-20-30-32-28(27-16-23(8-11-29(27)42-32)35-33(38)22-12-14-39-15-13-22)17-26(41-30)18-31(37)34-19-21-6-9-25(10-7-21)40-24-4-2-1-3-5-24/h1-11,16,22,26,28,30,32,36H,12-15,17-20H2,(H,34,37)(H,35,38)/t26-,28+,30-,32-/m0/s1. The van der Waals surface area contributed by atoms with E-state index in [0.29, 0.717) is 26.2 Å². The third kappa shape index (κ3) is 6.59. The number of rotatable bonds is 9. The molecule has 3 N–H and O–H groups in total. The summed E-state index contributed by atoms with van der Waals surface area (Å²) in [6, 6.07) is 22.8. The number of carbonyl (C=O) groups excluding carboxylic acids is 2. The fourth-order valence-electron chi connectivity index (χ4n) is 5.95. The Morgan fingerprint density at radius 3 is 2.48 bits per heavy atom. The lowest BCUT2D eigenvalue weighted by Crippen LogP contribution is -2.47. The van der Waals surface area contributed by atoms with Crippen LogP contribution in [0.5, 0.6) is 17.2 Å². The van der Waals surface area contributed by atoms with Crippen molar-refractivity contribution in [2.45, 2.75) is 56.5 Å². The van der Waals surface area contributed by atoms with Crippen molar-refractivity contribution in [3.05, 3.63) is 83.9 Å². The summed E-state index contributed by atoms with van der Waals surface area (Å²) >= 11 is 0. The highest BCUT2D eigenvalue weighted by molar-refractivity contribution is 5.92. The second-order valence-corrected chi connectivity index (χ2v) is 11.1. The topological polar surface area (TPSA) is 115 Å². The molecule has 0 saturated carbocycles. The molecular weight excluding hydrogens is 536 g/mol. The molecule has 0 aromatic heterocycles. The molecule has 6 rings (SSSR count). The van der Waals surface area contributed by atoms with Crippen LogP contribution in [-0.4, -0.2) is 55.1 Å². The molecule has 9 heteroatoms. The fourth-order valence-corrected chi connectivity index (χ4v) is 5.95. The van der Waals surface area contributed by atoms with Crippen LogP contribution < -0.4 is 20.1 Å². The van der Waals surface area contributed by atoms with Crippen LogP contribution in [0.15, 0.2) is 72.8 Å². The molecule has 42 heavy (non-hydrogen) atoms. The van der Waals surface area contributed by atoms with Crippen molar-refractivity contribution in [3.8, 4) is 17.2 Å². The zero-order chi connectivity index (χ0) is 28.9. The molecule has 3 heterocycles. The SMILES string of the molecule is O=C(C[C@@H]1C[C@@H]2c3cc(NC(=O)C4CCOCC4)ccc3O[C@@H]2[C@H](CO)O1)NCc1ccc(Oc2ccccc2)cc1. The Hall–Kier alpha value is -3.92. The molecule has 4 atom stereocenters. The predicted molar refractivity (Wildman–Crippen MR) is 156 cm³/mol. The van der Waals surface area contributed by atoms with Crippen molar-refractivity contribution >= 4 is 17.5 Å². The first-order valence-corrected chi connectivity index (χ1v) is 14.6. The Kier molecular flexibility index (Phi) is 8.69. The fraction of sp³-hybridized carbons (Fsp3) is 0.394. The Morgan fingerprint density at radius 1 is 0.952 bits per heavy atom. The third-order valence-electron chi connectivity index (χ3n) is 8.16. The molecule has 0 bridgehead atoms. The maximum atomic E-state index is 12.9. The van der Waals surface area contributed by atoms with Gasteiger partial charge < -0.3 is 34.7 Å². The summed E-state index contributed by atoms with van der Waals surface area (Å²) in [5.74, 6) is 1.98. The predicted octanol–water partition coefficient (Wildman–Crippen LogP) is 4.54. The number of hydrogen-bond acceptors (Lipinski definition) is 7. The van der Waals surface area contributed by atoms with E-state index in [1.165, 1.54) is 0 Å². The van der Waals surface area contributed by atoms with Gasteiger partial charge in [-0.1, -0.05) is 30.3 Å². The molecule has 2 amide bonds. The van der Waals surface area contributed by atoms with Gasteiger partial charge in [-0.25, -0.2) is 0 Å². The van der Waals surface area contributed by atoms with Crippen LogP contribution in [0.1, 0.15) is 42.7 Å². The second-order valence-electron chi connectivity index (χ2n) is 11.1. The summed E-state index contributed by atoms with van der Waals surface area (Å²) in [6.45, 7) is 1.38. The monoisotopic (exact) mass is 572 g/mol. The second kappa shape index (κ2) is 12.9. The van der Waals surface area contributed by atoms with Gasteiger partial charge in [-0.2, -0.15) is 0 Å². The van der Waals surface area contributed by atoms with Gasteiger partial charge in [0, 0.05) is 42.8 Å². The summed E-state index contributed by atoms with van der Waals surface area (Å²) in [6.07, 6.45) is 0.916. The van der Waals surface area contributed by atoms with E-state index in [1.54, 1.807) is 0 Å². The van der Waals surface area contributed by atoms with Gasteiger partial charge in [0.2, 0.25) is 11.8 Å². The molecular formula is C33H36N2O7. The molecule has 2 fully saturated rings. The highest BCUT2D eigenvalue weighted by Crippen LogP contribution is 2.47. The van der Waals surface area contributed by atoms with Crippen molar-refractivity contribution < 1.29 is 33.6 Å². The number of fused-ring (bicyclic) bond motifs is 3. The first-order chi connectivity index (χ1) is 20.6. The lowest BCUT2D eigenvalue weighted by atomic mass is 9.84. The molecule has 3 aliphatic heterocycles. The van der Waals surface area contributed by atoms with Gasteiger partial charge in [-0.3, -0.25) is 9.59 Å². The molecule has 0 radical (unpaired) electrons. The van der Waals surface area contributed by atoms with Crippen LogP contribution in [-0.2, 0) is 25.6 Å². The number of amides is 2. The van der Waals surface area contributed by atoms with Crippen molar-refractivity contribution in [3.63, 3.8) is 0 Å². The summed E-state index contributed by atoms with van der Waals surface area (Å²) in [7, 11) is 0. The number of aliphatic hydroxyl groups excluding tert-OH is 1. The smallest absolute Gasteiger partial charge is 0.227 e. The number of para-hydroxylation sites is 1. The summed E-state index contributed by atoms with van der Waals surface area (Å²) in [5.41, 5.74) is 2.64.